The maximum atomic E-state index is 12.0. The number of hydrogen-bond donors (Lipinski definition) is 1. The van der Waals surface area contributed by atoms with E-state index in [9.17, 15) is 4.79 Å². The third-order valence-corrected chi connectivity index (χ3v) is 5.47. The zero-order valence-electron chi connectivity index (χ0n) is 16.3. The van der Waals surface area contributed by atoms with E-state index in [4.69, 9.17) is 11.6 Å². The van der Waals surface area contributed by atoms with E-state index in [-0.39, 0.29) is 5.91 Å². The molecule has 1 amide bonds. The van der Waals surface area contributed by atoms with Crippen molar-refractivity contribution in [2.75, 3.05) is 6.54 Å². The summed E-state index contributed by atoms with van der Waals surface area (Å²) in [5.74, 6) is 1.46. The highest BCUT2D eigenvalue weighted by molar-refractivity contribution is 7.98. The van der Waals surface area contributed by atoms with Crippen LogP contribution in [0.25, 0.3) is 5.69 Å². The molecule has 0 bridgehead atoms. The number of hydrogen-bond acceptors (Lipinski definition) is 4. The standard InChI is InChI=1S/C22H23ClN4OS/c1-3-12-24-21(28)11-10-20-25-26-22(27(20)19-9-4-6-16(2)13-19)29-15-17-7-5-8-18(23)14-17/h3-9,13-14H,1,10-12,15H2,2H3,(H,24,28). The minimum absolute atomic E-state index is 0.0307. The van der Waals surface area contributed by atoms with Gasteiger partial charge in [0.1, 0.15) is 5.82 Å². The van der Waals surface area contributed by atoms with Gasteiger partial charge in [-0.05, 0) is 42.3 Å². The lowest BCUT2D eigenvalue weighted by Crippen LogP contribution is -2.23. The molecule has 1 aromatic heterocycles. The summed E-state index contributed by atoms with van der Waals surface area (Å²) in [5.41, 5.74) is 3.26. The summed E-state index contributed by atoms with van der Waals surface area (Å²) in [4.78, 5) is 12.0. The molecule has 0 fully saturated rings. The number of rotatable bonds is 9. The number of aryl methyl sites for hydroxylation is 2. The number of halogens is 1. The highest BCUT2D eigenvalue weighted by atomic mass is 35.5. The summed E-state index contributed by atoms with van der Waals surface area (Å²) < 4.78 is 2.03. The van der Waals surface area contributed by atoms with Crippen LogP contribution in [0.1, 0.15) is 23.4 Å². The summed E-state index contributed by atoms with van der Waals surface area (Å²) in [6.07, 6.45) is 2.51. The second-order valence-corrected chi connectivity index (χ2v) is 7.96. The first-order chi connectivity index (χ1) is 14.1. The minimum Gasteiger partial charge on any atom is -0.353 e. The van der Waals surface area contributed by atoms with Gasteiger partial charge < -0.3 is 5.32 Å². The van der Waals surface area contributed by atoms with Gasteiger partial charge in [0.05, 0.1) is 0 Å². The Morgan fingerprint density at radius 1 is 1.24 bits per heavy atom. The third kappa shape index (κ3) is 5.95. The summed E-state index contributed by atoms with van der Waals surface area (Å²) in [6.45, 7) is 6.13. The van der Waals surface area contributed by atoms with E-state index >= 15 is 0 Å². The fourth-order valence-electron chi connectivity index (χ4n) is 2.86. The van der Waals surface area contributed by atoms with Crippen molar-refractivity contribution < 1.29 is 4.79 Å². The first kappa shape index (κ1) is 21.1. The number of carbonyl (C=O) groups is 1. The van der Waals surface area contributed by atoms with Crippen molar-refractivity contribution >= 4 is 29.3 Å². The highest BCUT2D eigenvalue weighted by Crippen LogP contribution is 2.27. The average molecular weight is 427 g/mol. The molecule has 0 saturated heterocycles. The van der Waals surface area contributed by atoms with E-state index in [1.54, 1.807) is 17.8 Å². The molecular formula is C22H23ClN4OS. The lowest BCUT2D eigenvalue weighted by atomic mass is 10.2. The normalized spacial score (nSPS) is 10.7. The van der Waals surface area contributed by atoms with Crippen molar-refractivity contribution in [1.29, 1.82) is 0 Å². The zero-order chi connectivity index (χ0) is 20.6. The van der Waals surface area contributed by atoms with Crippen molar-refractivity contribution in [3.05, 3.63) is 83.2 Å². The molecular weight excluding hydrogens is 404 g/mol. The van der Waals surface area contributed by atoms with Gasteiger partial charge in [-0.15, -0.1) is 16.8 Å². The number of thioether (sulfide) groups is 1. The summed E-state index contributed by atoms with van der Waals surface area (Å²) in [5, 5.41) is 13.1. The first-order valence-corrected chi connectivity index (χ1v) is 10.7. The van der Waals surface area contributed by atoms with Gasteiger partial charge in [-0.2, -0.15) is 0 Å². The second kappa shape index (κ2) is 10.3. The van der Waals surface area contributed by atoms with Crippen LogP contribution in [0.5, 0.6) is 0 Å². The quantitative estimate of drug-likeness (QED) is 0.396. The van der Waals surface area contributed by atoms with Crippen LogP contribution in [-0.2, 0) is 17.0 Å². The largest absolute Gasteiger partial charge is 0.353 e. The molecule has 0 radical (unpaired) electrons. The van der Waals surface area contributed by atoms with Crippen LogP contribution in [0.15, 0.2) is 66.3 Å². The number of aromatic nitrogens is 3. The molecule has 0 aliphatic heterocycles. The number of benzene rings is 2. The Hall–Kier alpha value is -2.57. The van der Waals surface area contributed by atoms with E-state index in [2.05, 4.69) is 41.1 Å². The summed E-state index contributed by atoms with van der Waals surface area (Å²) >= 11 is 7.69. The monoisotopic (exact) mass is 426 g/mol. The summed E-state index contributed by atoms with van der Waals surface area (Å²) in [7, 11) is 0. The number of amides is 1. The Kier molecular flexibility index (Phi) is 7.49. The molecule has 0 atom stereocenters. The van der Waals surface area contributed by atoms with Gasteiger partial charge in [-0.1, -0.05) is 53.7 Å². The van der Waals surface area contributed by atoms with Crippen LogP contribution >= 0.6 is 23.4 Å². The molecule has 150 valence electrons. The molecule has 7 heteroatoms. The second-order valence-electron chi connectivity index (χ2n) is 6.58. The number of nitrogens with one attached hydrogen (secondary N) is 1. The van der Waals surface area contributed by atoms with E-state index in [0.717, 1.165) is 38.6 Å². The van der Waals surface area contributed by atoms with Crippen LogP contribution in [-0.4, -0.2) is 27.2 Å². The van der Waals surface area contributed by atoms with Gasteiger partial charge in [-0.25, -0.2) is 0 Å². The predicted molar refractivity (Wildman–Crippen MR) is 119 cm³/mol. The summed E-state index contributed by atoms with van der Waals surface area (Å²) in [6, 6.07) is 16.0. The van der Waals surface area contributed by atoms with Crippen molar-refractivity contribution in [2.24, 2.45) is 0 Å². The molecule has 0 unspecified atom stereocenters. The SMILES string of the molecule is C=CCNC(=O)CCc1nnc(SCc2cccc(Cl)c2)n1-c1cccc(C)c1. The fraction of sp³-hybridized carbons (Fsp3) is 0.227. The highest BCUT2D eigenvalue weighted by Gasteiger charge is 2.16. The molecule has 3 rings (SSSR count). The number of nitrogens with zero attached hydrogens (tertiary/aromatic N) is 3. The molecule has 5 nitrogen and oxygen atoms in total. The fourth-order valence-corrected chi connectivity index (χ4v) is 3.98. The van der Waals surface area contributed by atoms with Crippen molar-refractivity contribution in [3.8, 4) is 5.69 Å². The van der Waals surface area contributed by atoms with Gasteiger partial charge >= 0.3 is 0 Å². The lowest BCUT2D eigenvalue weighted by molar-refractivity contribution is -0.120. The Morgan fingerprint density at radius 2 is 2.07 bits per heavy atom. The Bertz CT molecular complexity index is 1000. The molecule has 2 aromatic carbocycles. The molecule has 0 aliphatic carbocycles. The molecule has 29 heavy (non-hydrogen) atoms. The molecule has 0 aliphatic rings. The topological polar surface area (TPSA) is 59.8 Å². The van der Waals surface area contributed by atoms with Crippen molar-refractivity contribution in [3.63, 3.8) is 0 Å². The van der Waals surface area contributed by atoms with Crippen LogP contribution < -0.4 is 5.32 Å². The van der Waals surface area contributed by atoms with Gasteiger partial charge in [0.25, 0.3) is 0 Å². The van der Waals surface area contributed by atoms with Crippen LogP contribution in [0, 0.1) is 6.92 Å². The maximum absolute atomic E-state index is 12.0. The molecule has 1 N–H and O–H groups in total. The Morgan fingerprint density at radius 3 is 2.83 bits per heavy atom. The molecule has 0 saturated carbocycles. The zero-order valence-corrected chi connectivity index (χ0v) is 17.8. The van der Waals surface area contributed by atoms with Crippen molar-refractivity contribution in [1.82, 2.24) is 20.1 Å². The van der Waals surface area contributed by atoms with Crippen molar-refractivity contribution in [2.45, 2.75) is 30.7 Å². The molecule has 0 spiro atoms. The van der Waals surface area contributed by atoms with Crippen LogP contribution in [0.4, 0.5) is 0 Å². The molecule has 1 heterocycles. The first-order valence-electron chi connectivity index (χ1n) is 9.33. The third-order valence-electron chi connectivity index (χ3n) is 4.24. The van der Waals surface area contributed by atoms with E-state index in [0.29, 0.717) is 19.4 Å². The van der Waals surface area contributed by atoms with Gasteiger partial charge in [-0.3, -0.25) is 9.36 Å². The number of carbonyl (C=O) groups excluding carboxylic acids is 1. The predicted octanol–water partition coefficient (Wildman–Crippen LogP) is 4.76. The Balaban J connectivity index is 1.82. The smallest absolute Gasteiger partial charge is 0.220 e. The average Bonchev–Trinajstić information content (AvgIpc) is 3.12. The van der Waals surface area contributed by atoms with Gasteiger partial charge in [0.15, 0.2) is 5.16 Å². The van der Waals surface area contributed by atoms with Crippen LogP contribution in [0.2, 0.25) is 5.02 Å². The van der Waals surface area contributed by atoms with Crippen LogP contribution in [0.3, 0.4) is 0 Å². The van der Waals surface area contributed by atoms with Gasteiger partial charge in [0.2, 0.25) is 5.91 Å². The molecule has 3 aromatic rings. The van der Waals surface area contributed by atoms with E-state index < -0.39 is 0 Å². The maximum Gasteiger partial charge on any atom is 0.220 e. The minimum atomic E-state index is -0.0307. The van der Waals surface area contributed by atoms with E-state index in [1.807, 2.05) is 41.0 Å². The van der Waals surface area contributed by atoms with Gasteiger partial charge in [0, 0.05) is 35.8 Å². The van der Waals surface area contributed by atoms with E-state index in [1.165, 1.54) is 0 Å². The Labute approximate surface area is 180 Å². The lowest BCUT2D eigenvalue weighted by Gasteiger charge is -2.11.